The number of benzene rings is 6. The molecule has 6 aromatic carbocycles. The van der Waals surface area contributed by atoms with E-state index in [1.165, 1.54) is 0 Å². The van der Waals surface area contributed by atoms with E-state index < -0.39 is 63.3 Å². The van der Waals surface area contributed by atoms with Gasteiger partial charge in [0.1, 0.15) is 23.3 Å². The van der Waals surface area contributed by atoms with Crippen molar-refractivity contribution in [1.29, 1.82) is 0 Å². The van der Waals surface area contributed by atoms with Crippen molar-refractivity contribution in [3.8, 4) is 44.5 Å². The number of hydrogen-bond donors (Lipinski definition) is 3. The third kappa shape index (κ3) is 8.58. The lowest BCUT2D eigenvalue weighted by Crippen LogP contribution is -2.39. The van der Waals surface area contributed by atoms with Crippen LogP contribution in [0, 0.1) is 23.3 Å². The largest absolute Gasteiger partial charge is 0.354 e. The number of imide groups is 1. The Labute approximate surface area is 431 Å². The van der Waals surface area contributed by atoms with Crippen LogP contribution in [0.25, 0.3) is 102 Å². The van der Waals surface area contributed by atoms with Crippen molar-refractivity contribution < 1.29 is 31.9 Å². The standard InChI is InChI=1S/C63H40F4N6O3/c64-41-20-22-43(45(66)34-41)59-60(44-23-21-42(65)35-46(44)67)63(76)73(62(59)75)33-32-68-61(74)40-18-16-39(17-19-40)58-53-30-28-51(71-53)56(37-12-6-2-7-13-37)49-26-24-47(69-49)55(36-10-4-1-5-11-36)48-25-27-50(70-48)57(38-14-8-3-9-15-38)52-29-31-54(58)72-52/h1-31,34-35,69,72H,32-33H2,(H,68,74). The van der Waals surface area contributed by atoms with E-state index in [0.717, 1.165) is 113 Å². The average Bonchev–Trinajstić information content (AvgIpc) is 4.33. The number of amides is 3. The number of hydrogen-bond acceptors (Lipinski definition) is 5. The first-order chi connectivity index (χ1) is 37.1. The Morgan fingerprint density at radius 2 is 0.803 bits per heavy atom. The number of carbonyl (C=O) groups excluding carboxylic acids is 3. The second-order valence-electron chi connectivity index (χ2n) is 18.2. The first-order valence-electron chi connectivity index (χ1n) is 24.3. The van der Waals surface area contributed by atoms with Crippen molar-refractivity contribution in [3.05, 3.63) is 239 Å². The zero-order chi connectivity index (χ0) is 52.0. The fourth-order valence-corrected chi connectivity index (χ4v) is 10.1. The van der Waals surface area contributed by atoms with Crippen LogP contribution >= 0.6 is 0 Å². The molecule has 0 fully saturated rings. The van der Waals surface area contributed by atoms with Gasteiger partial charge in [0.15, 0.2) is 0 Å². The molecule has 0 radical (unpaired) electrons. The van der Waals surface area contributed by atoms with E-state index in [9.17, 15) is 23.2 Å². The first-order valence-corrected chi connectivity index (χ1v) is 24.3. The van der Waals surface area contributed by atoms with Crippen molar-refractivity contribution in [2.24, 2.45) is 0 Å². The quantitative estimate of drug-likeness (QED) is 0.0930. The molecule has 3 aliphatic heterocycles. The SMILES string of the molecule is O=C(NCCN1C(=O)C(c2ccc(F)cc2F)=C(c2ccc(F)cc2F)C1=O)c1ccc(-c2c3nc(c(-c4ccccc4)c4ccc([nH]4)c(-c4ccccc4)c4nc(c(-c5ccccc5)c5ccc2[nH]5)C=C4)C=C3)cc1. The number of carbonyl (C=O) groups is 3. The second-order valence-corrected chi connectivity index (χ2v) is 18.2. The minimum atomic E-state index is -1.16. The summed E-state index contributed by atoms with van der Waals surface area (Å²) in [7, 11) is 0. The highest BCUT2D eigenvalue weighted by Gasteiger charge is 2.41. The molecule has 8 bridgehead atoms. The van der Waals surface area contributed by atoms with Gasteiger partial charge in [0.05, 0.1) is 33.9 Å². The van der Waals surface area contributed by atoms with Gasteiger partial charge in [0.25, 0.3) is 17.7 Å². The Hall–Kier alpha value is -10.0. The second kappa shape index (κ2) is 19.4. The highest BCUT2D eigenvalue weighted by Crippen LogP contribution is 2.40. The van der Waals surface area contributed by atoms with E-state index in [1.807, 2.05) is 97.1 Å². The molecule has 9 nitrogen and oxygen atoms in total. The lowest BCUT2D eigenvalue weighted by molar-refractivity contribution is -0.135. The average molecular weight is 1010 g/mol. The van der Waals surface area contributed by atoms with Crippen LogP contribution in [0.1, 0.15) is 44.3 Å². The molecular formula is C63H40F4N6O3. The fraction of sp³-hybridized carbons (Fsp3) is 0.0317. The van der Waals surface area contributed by atoms with Crippen LogP contribution in [0.5, 0.6) is 0 Å². The molecule has 0 unspecified atom stereocenters. The molecule has 368 valence electrons. The number of nitrogens with one attached hydrogen (secondary N) is 3. The number of halogens is 4. The Kier molecular flexibility index (Phi) is 12.0. The van der Waals surface area contributed by atoms with Gasteiger partial charge in [-0.2, -0.15) is 0 Å². The molecule has 3 amide bonds. The van der Waals surface area contributed by atoms with E-state index >= 15 is 8.78 Å². The highest BCUT2D eigenvalue weighted by molar-refractivity contribution is 6.49. The Bertz CT molecular complexity index is 4020. The van der Waals surface area contributed by atoms with Crippen LogP contribution in [0.2, 0.25) is 0 Å². The minimum Gasteiger partial charge on any atom is -0.354 e. The molecule has 3 N–H and O–H groups in total. The summed E-state index contributed by atoms with van der Waals surface area (Å²) in [4.78, 5) is 60.4. The predicted octanol–water partition coefficient (Wildman–Crippen LogP) is 13.6. The van der Waals surface area contributed by atoms with E-state index in [1.54, 1.807) is 12.1 Å². The van der Waals surface area contributed by atoms with Gasteiger partial charge in [-0.05, 0) is 107 Å². The summed E-state index contributed by atoms with van der Waals surface area (Å²) >= 11 is 0. The molecule has 3 aliphatic rings. The van der Waals surface area contributed by atoms with Gasteiger partial charge >= 0.3 is 0 Å². The zero-order valence-electron chi connectivity index (χ0n) is 40.0. The van der Waals surface area contributed by atoms with Crippen molar-refractivity contribution in [2.45, 2.75) is 0 Å². The normalized spacial score (nSPS) is 13.0. The highest BCUT2D eigenvalue weighted by atomic mass is 19.1. The summed E-state index contributed by atoms with van der Waals surface area (Å²) in [5.74, 6) is -6.71. The summed E-state index contributed by atoms with van der Waals surface area (Å²) in [6, 6.07) is 50.3. The van der Waals surface area contributed by atoms with Gasteiger partial charge in [0, 0.05) is 86.2 Å². The van der Waals surface area contributed by atoms with E-state index in [2.05, 4.69) is 69.9 Å². The molecule has 9 aromatic rings. The Morgan fingerprint density at radius 3 is 1.16 bits per heavy atom. The summed E-state index contributed by atoms with van der Waals surface area (Å²) in [5, 5.41) is 2.74. The molecule has 0 spiro atoms. The molecule has 76 heavy (non-hydrogen) atoms. The Balaban J connectivity index is 0.928. The van der Waals surface area contributed by atoms with E-state index in [-0.39, 0.29) is 18.7 Å². The van der Waals surface area contributed by atoms with Crippen LogP contribution < -0.4 is 5.32 Å². The topological polar surface area (TPSA) is 124 Å². The number of aromatic amines is 2. The van der Waals surface area contributed by atoms with Crippen LogP contribution in [-0.4, -0.2) is 55.6 Å². The third-order valence-corrected chi connectivity index (χ3v) is 13.6. The lowest BCUT2D eigenvalue weighted by Gasteiger charge is -2.16. The number of rotatable bonds is 10. The van der Waals surface area contributed by atoms with Crippen LogP contribution in [0.3, 0.4) is 0 Å². The molecular weight excluding hydrogens is 965 g/mol. The molecule has 0 atom stereocenters. The van der Waals surface area contributed by atoms with Gasteiger partial charge in [-0.15, -0.1) is 0 Å². The molecule has 13 heteroatoms. The fourth-order valence-electron chi connectivity index (χ4n) is 10.1. The zero-order valence-corrected chi connectivity index (χ0v) is 40.0. The number of aromatic nitrogens is 4. The minimum absolute atomic E-state index is 0.243. The Morgan fingerprint density at radius 1 is 0.447 bits per heavy atom. The van der Waals surface area contributed by atoms with Gasteiger partial charge in [-0.25, -0.2) is 27.5 Å². The van der Waals surface area contributed by atoms with E-state index in [0.29, 0.717) is 17.8 Å². The molecule has 0 saturated carbocycles. The summed E-state index contributed by atoms with van der Waals surface area (Å²) in [6.45, 7) is -0.632. The van der Waals surface area contributed by atoms with Crippen molar-refractivity contribution >= 4 is 75.2 Å². The molecule has 3 aromatic heterocycles. The van der Waals surface area contributed by atoms with Gasteiger partial charge in [-0.1, -0.05) is 103 Å². The van der Waals surface area contributed by atoms with Crippen LogP contribution in [0.4, 0.5) is 17.6 Å². The predicted molar refractivity (Wildman–Crippen MR) is 289 cm³/mol. The molecule has 0 aliphatic carbocycles. The summed E-state index contributed by atoms with van der Waals surface area (Å²) in [6.07, 6.45) is 8.07. The van der Waals surface area contributed by atoms with Crippen LogP contribution in [0.15, 0.2) is 176 Å². The van der Waals surface area contributed by atoms with Crippen molar-refractivity contribution in [3.63, 3.8) is 0 Å². The van der Waals surface area contributed by atoms with Crippen molar-refractivity contribution in [1.82, 2.24) is 30.2 Å². The lowest BCUT2D eigenvalue weighted by atomic mass is 9.95. The van der Waals surface area contributed by atoms with E-state index in [4.69, 9.17) is 9.97 Å². The maximum atomic E-state index is 15.2. The number of fused-ring (bicyclic) bond motifs is 8. The molecule has 6 heterocycles. The van der Waals surface area contributed by atoms with Gasteiger partial charge in [-0.3, -0.25) is 19.3 Å². The maximum Gasteiger partial charge on any atom is 0.262 e. The molecule has 0 saturated heterocycles. The van der Waals surface area contributed by atoms with Crippen molar-refractivity contribution in [2.75, 3.05) is 13.1 Å². The summed E-state index contributed by atoms with van der Waals surface area (Å²) in [5.41, 5.74) is 11.7. The van der Waals surface area contributed by atoms with Crippen LogP contribution in [-0.2, 0) is 9.59 Å². The van der Waals surface area contributed by atoms with Gasteiger partial charge in [0.2, 0.25) is 0 Å². The number of nitrogens with zero attached hydrogens (tertiary/aromatic N) is 3. The number of H-pyrrole nitrogens is 2. The summed E-state index contributed by atoms with van der Waals surface area (Å²) < 4.78 is 58.3. The third-order valence-electron chi connectivity index (χ3n) is 13.6. The monoisotopic (exact) mass is 1000 g/mol. The van der Waals surface area contributed by atoms with Gasteiger partial charge < -0.3 is 15.3 Å². The first kappa shape index (κ1) is 47.0. The maximum absolute atomic E-state index is 15.2. The molecule has 12 rings (SSSR count). The smallest absolute Gasteiger partial charge is 0.262 e.